The highest BCUT2D eigenvalue weighted by molar-refractivity contribution is 9.10. The molecular weight excluding hydrogens is 325 g/mol. The van der Waals surface area contributed by atoms with Gasteiger partial charge in [0.25, 0.3) is 5.69 Å². The third kappa shape index (κ3) is 2.42. The van der Waals surface area contributed by atoms with Gasteiger partial charge in [0.2, 0.25) is 0 Å². The maximum Gasteiger partial charge on any atom is 0.285 e. The molecule has 0 saturated carbocycles. The lowest BCUT2D eigenvalue weighted by atomic mass is 10.2. The van der Waals surface area contributed by atoms with E-state index in [4.69, 9.17) is 11.6 Å². The van der Waals surface area contributed by atoms with Crippen LogP contribution in [0.15, 0.2) is 16.6 Å². The predicted molar refractivity (Wildman–Crippen MR) is 58.4 cm³/mol. The van der Waals surface area contributed by atoms with Crippen molar-refractivity contribution in [1.29, 1.82) is 0 Å². The molecule has 0 aliphatic carbocycles. The minimum atomic E-state index is -0.470. The van der Waals surface area contributed by atoms with E-state index in [1.54, 1.807) is 6.07 Å². The van der Waals surface area contributed by atoms with Gasteiger partial charge in [-0.25, -0.2) is 0 Å². The Kier molecular flexibility index (Phi) is 3.70. The number of hydrogen-bond acceptors (Lipinski definition) is 2. The Hall–Kier alpha value is -0.130. The summed E-state index contributed by atoms with van der Waals surface area (Å²) in [6.07, 6.45) is 0. The molecule has 0 radical (unpaired) electrons. The summed E-state index contributed by atoms with van der Waals surface area (Å²) in [5, 5.41) is 11.4. The topological polar surface area (TPSA) is 43.1 Å². The van der Waals surface area contributed by atoms with Crippen LogP contribution in [0.5, 0.6) is 0 Å². The molecule has 3 nitrogen and oxygen atoms in total. The van der Waals surface area contributed by atoms with Crippen molar-refractivity contribution in [3.63, 3.8) is 0 Å². The van der Waals surface area contributed by atoms with Crippen LogP contribution in [0.3, 0.4) is 0 Å². The number of nitro benzene ring substituents is 1. The summed E-state index contributed by atoms with van der Waals surface area (Å²) in [5.41, 5.74) is 0.766. The van der Waals surface area contributed by atoms with Crippen molar-refractivity contribution in [2.45, 2.75) is 5.33 Å². The Morgan fingerprint density at radius 1 is 1.54 bits per heavy atom. The molecule has 0 unspecified atom stereocenters. The average Bonchev–Trinajstić information content (AvgIpc) is 2.09. The zero-order chi connectivity index (χ0) is 10.0. The fourth-order valence-corrected chi connectivity index (χ4v) is 1.77. The largest absolute Gasteiger partial charge is 0.285 e. The van der Waals surface area contributed by atoms with Crippen LogP contribution in [0.25, 0.3) is 0 Å². The molecule has 0 heterocycles. The van der Waals surface area contributed by atoms with Gasteiger partial charge in [0, 0.05) is 11.4 Å². The SMILES string of the molecule is O=[N+]([O-])c1cc(CBr)cc(Cl)c1Br. The lowest BCUT2D eigenvalue weighted by Gasteiger charge is -2.00. The average molecular weight is 329 g/mol. The van der Waals surface area contributed by atoms with Crippen molar-refractivity contribution < 1.29 is 4.92 Å². The predicted octanol–water partition coefficient (Wildman–Crippen LogP) is 3.91. The summed E-state index contributed by atoms with van der Waals surface area (Å²) < 4.78 is 0.323. The van der Waals surface area contributed by atoms with Crippen LogP contribution in [0, 0.1) is 10.1 Å². The van der Waals surface area contributed by atoms with E-state index in [1.165, 1.54) is 6.07 Å². The molecule has 0 fully saturated rings. The van der Waals surface area contributed by atoms with Crippen LogP contribution < -0.4 is 0 Å². The van der Waals surface area contributed by atoms with Gasteiger partial charge >= 0.3 is 0 Å². The van der Waals surface area contributed by atoms with Crippen molar-refractivity contribution in [3.05, 3.63) is 37.3 Å². The smallest absolute Gasteiger partial charge is 0.258 e. The van der Waals surface area contributed by atoms with E-state index < -0.39 is 4.92 Å². The first-order chi connectivity index (χ1) is 6.06. The molecule has 0 bridgehead atoms. The molecule has 0 spiro atoms. The van der Waals surface area contributed by atoms with E-state index in [1.807, 2.05) is 0 Å². The molecular formula is C7H4Br2ClNO2. The van der Waals surface area contributed by atoms with Crippen molar-refractivity contribution in [3.8, 4) is 0 Å². The van der Waals surface area contributed by atoms with E-state index in [9.17, 15) is 10.1 Å². The van der Waals surface area contributed by atoms with Gasteiger partial charge in [0.15, 0.2) is 0 Å². The van der Waals surface area contributed by atoms with Gasteiger partial charge in [-0.05, 0) is 27.6 Å². The molecule has 13 heavy (non-hydrogen) atoms. The van der Waals surface area contributed by atoms with Crippen molar-refractivity contribution in [1.82, 2.24) is 0 Å². The summed E-state index contributed by atoms with van der Waals surface area (Å²) in [7, 11) is 0. The minimum Gasteiger partial charge on any atom is -0.258 e. The summed E-state index contributed by atoms with van der Waals surface area (Å²) in [4.78, 5) is 10.1. The van der Waals surface area contributed by atoms with Crippen LogP contribution in [0.1, 0.15) is 5.56 Å². The van der Waals surface area contributed by atoms with Crippen molar-refractivity contribution in [2.75, 3.05) is 0 Å². The number of benzene rings is 1. The molecule has 0 aliphatic heterocycles. The highest BCUT2D eigenvalue weighted by atomic mass is 79.9. The monoisotopic (exact) mass is 327 g/mol. The number of halogens is 3. The highest BCUT2D eigenvalue weighted by Crippen LogP contribution is 2.33. The summed E-state index contributed by atoms with van der Waals surface area (Å²) in [6.45, 7) is 0. The third-order valence-electron chi connectivity index (χ3n) is 1.42. The van der Waals surface area contributed by atoms with Gasteiger partial charge in [-0.2, -0.15) is 0 Å². The molecule has 6 heteroatoms. The third-order valence-corrected chi connectivity index (χ3v) is 3.43. The van der Waals surface area contributed by atoms with Crippen molar-refractivity contribution in [2.24, 2.45) is 0 Å². The van der Waals surface area contributed by atoms with Gasteiger partial charge in [-0.15, -0.1) is 0 Å². The second-order valence-corrected chi connectivity index (χ2v) is 4.06. The summed E-state index contributed by atoms with van der Waals surface area (Å²) in [6, 6.07) is 3.15. The fraction of sp³-hybridized carbons (Fsp3) is 0.143. The van der Waals surface area contributed by atoms with Gasteiger partial charge < -0.3 is 0 Å². The lowest BCUT2D eigenvalue weighted by molar-refractivity contribution is -0.385. The van der Waals surface area contributed by atoms with E-state index in [0.29, 0.717) is 14.8 Å². The Balaban J connectivity index is 3.33. The van der Waals surface area contributed by atoms with Gasteiger partial charge in [0.05, 0.1) is 9.95 Å². The molecule has 70 valence electrons. The maximum absolute atomic E-state index is 10.5. The second kappa shape index (κ2) is 4.39. The molecule has 0 saturated heterocycles. The standard InChI is InChI=1S/C7H4Br2ClNO2/c8-3-4-1-5(10)7(9)6(2-4)11(12)13/h1-2H,3H2. The van der Waals surface area contributed by atoms with Crippen LogP contribution in [-0.4, -0.2) is 4.92 Å². The van der Waals surface area contributed by atoms with Gasteiger partial charge in [0.1, 0.15) is 4.47 Å². The quantitative estimate of drug-likeness (QED) is 0.469. The zero-order valence-electron chi connectivity index (χ0n) is 6.26. The van der Waals surface area contributed by atoms with Crippen LogP contribution >= 0.6 is 43.5 Å². The van der Waals surface area contributed by atoms with Crippen LogP contribution in [0.2, 0.25) is 5.02 Å². The van der Waals surface area contributed by atoms with E-state index in [-0.39, 0.29) is 5.69 Å². The number of nitrogens with zero attached hydrogens (tertiary/aromatic N) is 1. The van der Waals surface area contributed by atoms with Crippen molar-refractivity contribution >= 4 is 49.1 Å². The Bertz CT molecular complexity index is 357. The van der Waals surface area contributed by atoms with Gasteiger partial charge in [-0.3, -0.25) is 10.1 Å². The molecule has 0 aromatic heterocycles. The molecule has 0 amide bonds. The highest BCUT2D eigenvalue weighted by Gasteiger charge is 2.15. The molecule has 0 atom stereocenters. The van der Waals surface area contributed by atoms with Crippen LogP contribution in [-0.2, 0) is 5.33 Å². The Morgan fingerprint density at radius 2 is 2.15 bits per heavy atom. The summed E-state index contributed by atoms with van der Waals surface area (Å²) >= 11 is 12.0. The van der Waals surface area contributed by atoms with E-state index >= 15 is 0 Å². The second-order valence-electron chi connectivity index (χ2n) is 2.30. The first-order valence-corrected chi connectivity index (χ1v) is 5.53. The van der Waals surface area contributed by atoms with E-state index in [2.05, 4.69) is 31.9 Å². The number of hydrogen-bond donors (Lipinski definition) is 0. The Morgan fingerprint density at radius 3 is 2.62 bits per heavy atom. The van der Waals surface area contributed by atoms with Crippen LogP contribution in [0.4, 0.5) is 5.69 Å². The minimum absolute atomic E-state index is 0.0121. The summed E-state index contributed by atoms with van der Waals surface area (Å²) in [5.74, 6) is 0. The normalized spacial score (nSPS) is 10.1. The molecule has 1 rings (SSSR count). The van der Waals surface area contributed by atoms with E-state index in [0.717, 1.165) is 5.56 Å². The number of rotatable bonds is 2. The first-order valence-electron chi connectivity index (χ1n) is 3.24. The Labute approximate surface area is 96.5 Å². The lowest BCUT2D eigenvalue weighted by Crippen LogP contribution is -1.91. The molecule has 0 aliphatic rings. The maximum atomic E-state index is 10.5. The number of nitro groups is 1. The molecule has 0 N–H and O–H groups in total. The van der Waals surface area contributed by atoms with Gasteiger partial charge in [-0.1, -0.05) is 27.5 Å². The zero-order valence-corrected chi connectivity index (χ0v) is 10.2. The molecule has 1 aromatic carbocycles. The molecule has 1 aromatic rings. The fourth-order valence-electron chi connectivity index (χ4n) is 0.839. The first kappa shape index (κ1) is 10.9. The number of alkyl halides is 1.